The first-order chi connectivity index (χ1) is 8.72. The molecular weight excluding hydrogens is 250 g/mol. The summed E-state index contributed by atoms with van der Waals surface area (Å²) in [5, 5.41) is 0.766. The molecule has 2 fully saturated rings. The van der Waals surface area contributed by atoms with Crippen LogP contribution in [0.1, 0.15) is 18.4 Å². The van der Waals surface area contributed by atoms with E-state index in [2.05, 4.69) is 11.0 Å². The minimum absolute atomic E-state index is 0.240. The molecule has 3 nitrogen and oxygen atoms in total. The molecule has 0 aromatic heterocycles. The average Bonchev–Trinajstić information content (AvgIpc) is 2.30. The molecule has 0 amide bonds. The quantitative estimate of drug-likeness (QED) is 0.822. The van der Waals surface area contributed by atoms with E-state index in [-0.39, 0.29) is 12.1 Å². The number of Topliss-reactive ketones (excluding diaryl/α,β-unsaturated/α-hetero) is 1. The monoisotopic (exact) mass is 265 g/mol. The SMILES string of the molecule is O=C1CC2COCC(C1)N2Cc1cccc(Cl)c1. The summed E-state index contributed by atoms with van der Waals surface area (Å²) in [6.45, 7) is 2.19. The first kappa shape index (κ1) is 12.2. The molecule has 96 valence electrons. The lowest BCUT2D eigenvalue weighted by molar-refractivity contribution is -0.136. The summed E-state index contributed by atoms with van der Waals surface area (Å²) < 4.78 is 5.56. The van der Waals surface area contributed by atoms with E-state index < -0.39 is 0 Å². The van der Waals surface area contributed by atoms with Gasteiger partial charge in [0.25, 0.3) is 0 Å². The van der Waals surface area contributed by atoms with Crippen molar-refractivity contribution in [2.45, 2.75) is 31.5 Å². The van der Waals surface area contributed by atoms with E-state index in [1.165, 1.54) is 5.56 Å². The Bertz CT molecular complexity index is 447. The zero-order chi connectivity index (χ0) is 12.5. The Labute approximate surface area is 112 Å². The van der Waals surface area contributed by atoms with Crippen molar-refractivity contribution in [1.82, 2.24) is 4.90 Å². The number of rotatable bonds is 2. The lowest BCUT2D eigenvalue weighted by Gasteiger charge is -2.45. The highest BCUT2D eigenvalue weighted by molar-refractivity contribution is 6.30. The maximum atomic E-state index is 11.6. The Hall–Kier alpha value is -0.900. The molecule has 0 radical (unpaired) electrons. The number of hydrogen-bond acceptors (Lipinski definition) is 3. The highest BCUT2D eigenvalue weighted by Gasteiger charge is 2.38. The summed E-state index contributed by atoms with van der Waals surface area (Å²) in [6.07, 6.45) is 1.24. The molecule has 1 aromatic carbocycles. The Morgan fingerprint density at radius 2 is 2.00 bits per heavy atom. The number of benzene rings is 1. The van der Waals surface area contributed by atoms with Crippen LogP contribution in [0.3, 0.4) is 0 Å². The van der Waals surface area contributed by atoms with Crippen LogP contribution in [0, 0.1) is 0 Å². The number of carbonyl (C=O) groups is 1. The zero-order valence-corrected chi connectivity index (χ0v) is 10.9. The molecule has 2 aliphatic heterocycles. The average molecular weight is 266 g/mol. The summed E-state index contributed by atoms with van der Waals surface area (Å²) in [6, 6.07) is 8.41. The number of hydrogen-bond donors (Lipinski definition) is 0. The minimum Gasteiger partial charge on any atom is -0.378 e. The molecule has 2 aliphatic rings. The van der Waals surface area contributed by atoms with Crippen LogP contribution in [-0.4, -0.2) is 36.0 Å². The number of morpholine rings is 1. The van der Waals surface area contributed by atoms with Crippen LogP contribution in [-0.2, 0) is 16.1 Å². The molecule has 0 N–H and O–H groups in total. The van der Waals surface area contributed by atoms with Crippen molar-refractivity contribution >= 4 is 17.4 Å². The molecule has 0 aliphatic carbocycles. The molecule has 2 saturated heterocycles. The summed E-state index contributed by atoms with van der Waals surface area (Å²) in [5.74, 6) is 0.371. The smallest absolute Gasteiger partial charge is 0.136 e. The third-order valence-corrected chi connectivity index (χ3v) is 3.97. The topological polar surface area (TPSA) is 29.5 Å². The van der Waals surface area contributed by atoms with Gasteiger partial charge in [0.15, 0.2) is 0 Å². The standard InChI is InChI=1S/C14H16ClNO2/c15-11-3-1-2-10(4-11)7-16-12-5-14(17)6-13(16)9-18-8-12/h1-4,12-13H,5-9H2. The van der Waals surface area contributed by atoms with Crippen molar-refractivity contribution in [3.63, 3.8) is 0 Å². The molecule has 2 bridgehead atoms. The van der Waals surface area contributed by atoms with Gasteiger partial charge in [0, 0.05) is 36.5 Å². The number of ketones is 1. The van der Waals surface area contributed by atoms with Gasteiger partial charge in [0.05, 0.1) is 13.2 Å². The van der Waals surface area contributed by atoms with Gasteiger partial charge in [-0.05, 0) is 17.7 Å². The van der Waals surface area contributed by atoms with E-state index in [0.29, 0.717) is 31.8 Å². The van der Waals surface area contributed by atoms with Crippen molar-refractivity contribution < 1.29 is 9.53 Å². The highest BCUT2D eigenvalue weighted by Crippen LogP contribution is 2.27. The van der Waals surface area contributed by atoms with E-state index in [1.54, 1.807) is 0 Å². The maximum absolute atomic E-state index is 11.6. The van der Waals surface area contributed by atoms with E-state index in [1.807, 2.05) is 18.2 Å². The van der Waals surface area contributed by atoms with Gasteiger partial charge in [-0.15, -0.1) is 0 Å². The number of piperidine rings is 1. The summed E-state index contributed by atoms with van der Waals surface area (Å²) in [4.78, 5) is 14.0. The van der Waals surface area contributed by atoms with Crippen molar-refractivity contribution in [2.75, 3.05) is 13.2 Å². The van der Waals surface area contributed by atoms with Crippen LogP contribution in [0.2, 0.25) is 5.02 Å². The van der Waals surface area contributed by atoms with Gasteiger partial charge < -0.3 is 4.74 Å². The zero-order valence-electron chi connectivity index (χ0n) is 10.1. The molecule has 0 saturated carbocycles. The van der Waals surface area contributed by atoms with Crippen LogP contribution >= 0.6 is 11.6 Å². The minimum atomic E-state index is 0.240. The molecule has 0 spiro atoms. The van der Waals surface area contributed by atoms with Crippen LogP contribution in [0.5, 0.6) is 0 Å². The third kappa shape index (κ3) is 2.44. The molecule has 2 heterocycles. The Morgan fingerprint density at radius 1 is 1.28 bits per heavy atom. The third-order valence-electron chi connectivity index (χ3n) is 3.74. The fraction of sp³-hybridized carbons (Fsp3) is 0.500. The number of halogens is 1. The van der Waals surface area contributed by atoms with Gasteiger partial charge in [-0.2, -0.15) is 0 Å². The first-order valence-corrected chi connectivity index (χ1v) is 6.70. The largest absolute Gasteiger partial charge is 0.378 e. The fourth-order valence-electron chi connectivity index (χ4n) is 2.90. The van der Waals surface area contributed by atoms with E-state index in [9.17, 15) is 4.79 Å². The Balaban J connectivity index is 1.77. The number of ether oxygens (including phenoxy) is 1. The van der Waals surface area contributed by atoms with Gasteiger partial charge in [-0.1, -0.05) is 23.7 Å². The molecular formula is C14H16ClNO2. The van der Waals surface area contributed by atoms with Gasteiger partial charge in [0.1, 0.15) is 5.78 Å². The van der Waals surface area contributed by atoms with E-state index in [0.717, 1.165) is 11.6 Å². The Morgan fingerprint density at radius 3 is 2.67 bits per heavy atom. The molecule has 3 rings (SSSR count). The molecule has 2 atom stereocenters. The number of carbonyl (C=O) groups excluding carboxylic acids is 1. The lowest BCUT2D eigenvalue weighted by atomic mass is 9.92. The van der Waals surface area contributed by atoms with Gasteiger partial charge in [-0.25, -0.2) is 0 Å². The van der Waals surface area contributed by atoms with E-state index >= 15 is 0 Å². The van der Waals surface area contributed by atoms with Gasteiger partial charge in [-0.3, -0.25) is 9.69 Å². The molecule has 18 heavy (non-hydrogen) atoms. The number of fused-ring (bicyclic) bond motifs is 2. The second-order valence-electron chi connectivity index (χ2n) is 5.09. The van der Waals surface area contributed by atoms with Crippen LogP contribution < -0.4 is 0 Å². The van der Waals surface area contributed by atoms with Gasteiger partial charge in [0.2, 0.25) is 0 Å². The van der Waals surface area contributed by atoms with Crippen molar-refractivity contribution in [3.05, 3.63) is 34.9 Å². The second kappa shape index (κ2) is 5.00. The maximum Gasteiger partial charge on any atom is 0.136 e. The molecule has 2 unspecified atom stereocenters. The highest BCUT2D eigenvalue weighted by atomic mass is 35.5. The van der Waals surface area contributed by atoms with Crippen LogP contribution in [0.15, 0.2) is 24.3 Å². The fourth-order valence-corrected chi connectivity index (χ4v) is 3.11. The summed E-state index contributed by atoms with van der Waals surface area (Å²) in [7, 11) is 0. The lowest BCUT2D eigenvalue weighted by Crippen LogP contribution is -2.56. The first-order valence-electron chi connectivity index (χ1n) is 6.32. The van der Waals surface area contributed by atoms with Crippen LogP contribution in [0.4, 0.5) is 0 Å². The summed E-state index contributed by atoms with van der Waals surface area (Å²) >= 11 is 6.01. The predicted molar refractivity (Wildman–Crippen MR) is 69.6 cm³/mol. The normalized spacial score (nSPS) is 28.4. The predicted octanol–water partition coefficient (Wildman–Crippen LogP) is 2.27. The molecule has 4 heteroatoms. The second-order valence-corrected chi connectivity index (χ2v) is 5.53. The van der Waals surface area contributed by atoms with Crippen molar-refractivity contribution in [3.8, 4) is 0 Å². The van der Waals surface area contributed by atoms with Crippen LogP contribution in [0.25, 0.3) is 0 Å². The summed E-state index contributed by atoms with van der Waals surface area (Å²) in [5.41, 5.74) is 1.20. The Kier molecular flexibility index (Phi) is 3.37. The molecule has 1 aromatic rings. The van der Waals surface area contributed by atoms with Crippen molar-refractivity contribution in [2.24, 2.45) is 0 Å². The number of nitrogens with zero attached hydrogens (tertiary/aromatic N) is 1. The van der Waals surface area contributed by atoms with Gasteiger partial charge >= 0.3 is 0 Å². The van der Waals surface area contributed by atoms with Crippen molar-refractivity contribution in [1.29, 1.82) is 0 Å². The van der Waals surface area contributed by atoms with E-state index in [4.69, 9.17) is 16.3 Å².